The molecular weight excluding hydrogens is 296 g/mol. The summed E-state index contributed by atoms with van der Waals surface area (Å²) in [4.78, 5) is 18.7. The van der Waals surface area contributed by atoms with Gasteiger partial charge in [0.25, 0.3) is 5.75 Å². The lowest BCUT2D eigenvalue weighted by Gasteiger charge is -1.99. The zero-order chi connectivity index (χ0) is 16.9. The number of nitrogens with two attached hydrogens (primary N) is 2. The summed E-state index contributed by atoms with van der Waals surface area (Å²) in [5.41, 5.74) is 9.87. The summed E-state index contributed by atoms with van der Waals surface area (Å²) in [6, 6.07) is 7.97. The van der Waals surface area contributed by atoms with Gasteiger partial charge in [0.2, 0.25) is 0 Å². The molecule has 0 bridgehead atoms. The van der Waals surface area contributed by atoms with Crippen LogP contribution in [0.3, 0.4) is 0 Å². The standard InChI is InChI=1S/C6H4N2O5.C6H8N2O/c9-6-4(7(10)11)2-1-3-5(6)8(12)13;7-4-2-1-3-5(8)6(4)9/h1-3,9H;1-3,9H,7-8H2. The number of phenolic OH excluding ortho intramolecular Hbond substituents is 2. The van der Waals surface area contributed by atoms with Gasteiger partial charge in [0.1, 0.15) is 0 Å². The van der Waals surface area contributed by atoms with Crippen LogP contribution in [-0.2, 0) is 0 Å². The molecule has 2 rings (SSSR count). The van der Waals surface area contributed by atoms with Gasteiger partial charge < -0.3 is 21.7 Å². The van der Waals surface area contributed by atoms with Gasteiger partial charge in [-0.2, -0.15) is 0 Å². The second-order valence-electron chi connectivity index (χ2n) is 3.94. The second-order valence-corrected chi connectivity index (χ2v) is 3.94. The van der Waals surface area contributed by atoms with Crippen LogP contribution in [0, 0.1) is 20.2 Å². The van der Waals surface area contributed by atoms with Crippen LogP contribution in [0.25, 0.3) is 0 Å². The molecule has 116 valence electrons. The number of nitro groups is 2. The van der Waals surface area contributed by atoms with Crippen LogP contribution >= 0.6 is 0 Å². The largest absolute Gasteiger partial charge is 0.504 e. The van der Waals surface area contributed by atoms with Crippen LogP contribution in [-0.4, -0.2) is 20.1 Å². The van der Waals surface area contributed by atoms with Crippen LogP contribution in [0.5, 0.6) is 11.5 Å². The summed E-state index contributed by atoms with van der Waals surface area (Å²) in [7, 11) is 0. The van der Waals surface area contributed by atoms with E-state index in [1.165, 1.54) is 0 Å². The van der Waals surface area contributed by atoms with Crippen molar-refractivity contribution >= 4 is 22.7 Å². The molecule has 0 aliphatic rings. The Morgan fingerprint density at radius 3 is 1.45 bits per heavy atom. The Morgan fingerprint density at radius 2 is 1.14 bits per heavy atom. The Balaban J connectivity index is 0.000000235. The van der Waals surface area contributed by atoms with Crippen molar-refractivity contribution in [1.29, 1.82) is 0 Å². The normalized spacial score (nSPS) is 9.45. The van der Waals surface area contributed by atoms with E-state index in [0.717, 1.165) is 18.2 Å². The van der Waals surface area contributed by atoms with E-state index in [9.17, 15) is 20.2 Å². The molecule has 0 fully saturated rings. The highest BCUT2D eigenvalue weighted by atomic mass is 16.6. The van der Waals surface area contributed by atoms with E-state index < -0.39 is 27.0 Å². The van der Waals surface area contributed by atoms with E-state index in [1.54, 1.807) is 18.2 Å². The SMILES string of the molecule is Nc1cccc(N)c1O.O=[N+]([O-])c1cccc([N+](=O)[O-])c1O. The minimum absolute atomic E-state index is 0.0301. The average molecular weight is 308 g/mol. The number of rotatable bonds is 2. The van der Waals surface area contributed by atoms with Crippen LogP contribution < -0.4 is 11.5 Å². The van der Waals surface area contributed by atoms with Crippen molar-refractivity contribution in [2.75, 3.05) is 11.5 Å². The van der Waals surface area contributed by atoms with Gasteiger partial charge in [0, 0.05) is 12.1 Å². The predicted molar refractivity (Wildman–Crippen MR) is 78.3 cm³/mol. The summed E-state index contributed by atoms with van der Waals surface area (Å²) >= 11 is 0. The Labute approximate surface area is 123 Å². The number of para-hydroxylation sites is 2. The maximum absolute atomic E-state index is 10.2. The van der Waals surface area contributed by atoms with Crippen molar-refractivity contribution in [2.45, 2.75) is 0 Å². The molecule has 22 heavy (non-hydrogen) atoms. The minimum Gasteiger partial charge on any atom is -0.504 e. The molecule has 0 saturated carbocycles. The zero-order valence-electron chi connectivity index (χ0n) is 11.0. The van der Waals surface area contributed by atoms with Crippen molar-refractivity contribution in [2.24, 2.45) is 0 Å². The van der Waals surface area contributed by atoms with Crippen molar-refractivity contribution in [1.82, 2.24) is 0 Å². The predicted octanol–water partition coefficient (Wildman–Crippen LogP) is 1.77. The van der Waals surface area contributed by atoms with E-state index in [2.05, 4.69) is 0 Å². The molecule has 0 aromatic heterocycles. The fraction of sp³-hybridized carbons (Fsp3) is 0. The average Bonchev–Trinajstić information content (AvgIpc) is 2.45. The Kier molecular flexibility index (Phi) is 5.06. The first-order chi connectivity index (χ1) is 10.3. The molecule has 2 aromatic rings. The number of nitrogen functional groups attached to an aromatic ring is 2. The summed E-state index contributed by atoms with van der Waals surface area (Å²) in [5.74, 6) is -0.949. The Morgan fingerprint density at radius 1 is 0.773 bits per heavy atom. The molecular formula is C12H12N4O6. The van der Waals surface area contributed by atoms with Crippen molar-refractivity contribution in [3.8, 4) is 11.5 Å². The molecule has 0 atom stereocenters. The quantitative estimate of drug-likeness (QED) is 0.280. The van der Waals surface area contributed by atoms with Crippen molar-refractivity contribution in [3.05, 3.63) is 56.6 Å². The second kappa shape index (κ2) is 6.74. The first-order valence-corrected chi connectivity index (χ1v) is 5.69. The van der Waals surface area contributed by atoms with Crippen LogP contribution in [0.2, 0.25) is 0 Å². The number of aromatic hydroxyl groups is 2. The van der Waals surface area contributed by atoms with Gasteiger partial charge in [-0.3, -0.25) is 20.2 Å². The fourth-order valence-electron chi connectivity index (χ4n) is 1.39. The van der Waals surface area contributed by atoms with E-state index >= 15 is 0 Å². The maximum atomic E-state index is 10.2. The lowest BCUT2D eigenvalue weighted by molar-refractivity contribution is -0.396. The number of anilines is 2. The van der Waals surface area contributed by atoms with Gasteiger partial charge in [0.05, 0.1) is 21.2 Å². The first kappa shape index (κ1) is 16.5. The highest BCUT2D eigenvalue weighted by Crippen LogP contribution is 2.34. The topological polar surface area (TPSA) is 179 Å². The maximum Gasteiger partial charge on any atom is 0.318 e. The third kappa shape index (κ3) is 3.72. The molecule has 0 spiro atoms. The highest BCUT2D eigenvalue weighted by molar-refractivity contribution is 5.65. The van der Waals surface area contributed by atoms with E-state index in [0.29, 0.717) is 11.4 Å². The number of hydrogen-bond acceptors (Lipinski definition) is 8. The molecule has 0 aliphatic heterocycles. The molecule has 0 heterocycles. The zero-order valence-corrected chi connectivity index (χ0v) is 11.0. The summed E-state index contributed by atoms with van der Waals surface area (Å²) in [6.07, 6.45) is 0. The molecule has 0 saturated heterocycles. The molecule has 10 nitrogen and oxygen atoms in total. The molecule has 6 N–H and O–H groups in total. The molecule has 2 aromatic carbocycles. The molecule has 0 unspecified atom stereocenters. The third-order valence-electron chi connectivity index (χ3n) is 2.49. The molecule has 10 heteroatoms. The Bertz CT molecular complexity index is 666. The van der Waals surface area contributed by atoms with Crippen LogP contribution in [0.1, 0.15) is 0 Å². The van der Waals surface area contributed by atoms with Gasteiger partial charge in [-0.1, -0.05) is 6.07 Å². The number of phenols is 2. The third-order valence-corrected chi connectivity index (χ3v) is 2.49. The van der Waals surface area contributed by atoms with Crippen LogP contribution in [0.15, 0.2) is 36.4 Å². The lowest BCUT2D eigenvalue weighted by Crippen LogP contribution is -1.93. The van der Waals surface area contributed by atoms with Gasteiger partial charge in [-0.25, -0.2) is 0 Å². The molecule has 0 aliphatic carbocycles. The smallest absolute Gasteiger partial charge is 0.318 e. The van der Waals surface area contributed by atoms with Gasteiger partial charge in [-0.15, -0.1) is 0 Å². The number of hydrogen-bond donors (Lipinski definition) is 4. The summed E-state index contributed by atoms with van der Waals surface area (Å²) in [5, 5.41) is 38.4. The lowest BCUT2D eigenvalue weighted by atomic mass is 10.2. The Hall–Kier alpha value is -3.56. The molecule has 0 amide bonds. The number of benzene rings is 2. The fourth-order valence-corrected chi connectivity index (χ4v) is 1.39. The van der Waals surface area contributed by atoms with Gasteiger partial charge >= 0.3 is 11.4 Å². The van der Waals surface area contributed by atoms with Gasteiger partial charge in [0.15, 0.2) is 5.75 Å². The van der Waals surface area contributed by atoms with Gasteiger partial charge in [-0.05, 0) is 18.2 Å². The molecule has 0 radical (unpaired) electrons. The summed E-state index contributed by atoms with van der Waals surface area (Å²) < 4.78 is 0. The monoisotopic (exact) mass is 308 g/mol. The summed E-state index contributed by atoms with van der Waals surface area (Å²) in [6.45, 7) is 0. The van der Waals surface area contributed by atoms with E-state index in [4.69, 9.17) is 21.7 Å². The van der Waals surface area contributed by atoms with Crippen molar-refractivity contribution < 1.29 is 20.1 Å². The van der Waals surface area contributed by atoms with Crippen LogP contribution in [0.4, 0.5) is 22.7 Å². The number of nitro benzene ring substituents is 2. The van der Waals surface area contributed by atoms with E-state index in [1.807, 2.05) is 0 Å². The van der Waals surface area contributed by atoms with Crippen molar-refractivity contribution in [3.63, 3.8) is 0 Å². The van der Waals surface area contributed by atoms with E-state index in [-0.39, 0.29) is 5.75 Å². The highest BCUT2D eigenvalue weighted by Gasteiger charge is 2.23. The first-order valence-electron chi connectivity index (χ1n) is 5.69. The number of nitrogens with zero attached hydrogens (tertiary/aromatic N) is 2. The minimum atomic E-state index is -0.919.